The number of carbonyl (C=O) groups excluding carboxylic acids is 1. The van der Waals surface area contributed by atoms with Crippen molar-refractivity contribution in [1.82, 2.24) is 15.3 Å². The molecule has 72 valence electrons. The van der Waals surface area contributed by atoms with Crippen LogP contribution in [0, 0.1) is 18.3 Å². The topological polar surface area (TPSA) is 87.9 Å². The number of carbonyl (C=O) groups is 1. The second kappa shape index (κ2) is 4.77. The highest BCUT2D eigenvalue weighted by atomic mass is 16.6. The van der Waals surface area contributed by atoms with E-state index < -0.39 is 6.09 Å². The quantitative estimate of drug-likeness (QED) is 0.685. The third-order valence-corrected chi connectivity index (χ3v) is 1.35. The molecule has 0 atom stereocenters. The molecule has 0 aromatic carbocycles. The molecule has 0 bridgehead atoms. The van der Waals surface area contributed by atoms with Gasteiger partial charge in [0, 0.05) is 11.8 Å². The second-order valence-electron chi connectivity index (χ2n) is 2.41. The van der Waals surface area contributed by atoms with Crippen LogP contribution in [0.15, 0.2) is 12.5 Å². The molecule has 0 unspecified atom stereocenters. The minimum absolute atomic E-state index is 0.0943. The average Bonchev–Trinajstić information content (AvgIpc) is 2.18. The Hall–Kier alpha value is -2.16. The smallest absolute Gasteiger partial charge is 0.391 e. The molecule has 1 N–H and O–H groups in total. The molecule has 0 aliphatic heterocycles. The summed E-state index contributed by atoms with van der Waals surface area (Å²) in [6.07, 6.45) is 2.10. The SMILES string of the molecule is Cc1cncnc1OC(=O)NCC#N. The van der Waals surface area contributed by atoms with Crippen LogP contribution >= 0.6 is 0 Å². The van der Waals surface area contributed by atoms with Crippen molar-refractivity contribution in [2.75, 3.05) is 6.54 Å². The highest BCUT2D eigenvalue weighted by Crippen LogP contribution is 2.10. The Morgan fingerprint density at radius 2 is 2.57 bits per heavy atom. The second-order valence-corrected chi connectivity index (χ2v) is 2.41. The number of nitrogens with zero attached hydrogens (tertiary/aromatic N) is 3. The van der Waals surface area contributed by atoms with E-state index in [2.05, 4.69) is 15.3 Å². The van der Waals surface area contributed by atoms with Crippen LogP contribution in [0.3, 0.4) is 0 Å². The van der Waals surface area contributed by atoms with Crippen LogP contribution in [0.1, 0.15) is 5.56 Å². The number of aromatic nitrogens is 2. The van der Waals surface area contributed by atoms with Gasteiger partial charge in [0.05, 0.1) is 6.07 Å². The molecular weight excluding hydrogens is 184 g/mol. The molecule has 0 fully saturated rings. The molecule has 0 radical (unpaired) electrons. The highest BCUT2D eigenvalue weighted by Gasteiger charge is 2.06. The van der Waals surface area contributed by atoms with Crippen molar-refractivity contribution in [2.24, 2.45) is 0 Å². The first-order valence-electron chi connectivity index (χ1n) is 3.83. The lowest BCUT2D eigenvalue weighted by atomic mass is 10.4. The standard InChI is InChI=1S/C8H8N4O2/c1-6-4-10-5-12-7(6)14-8(13)11-3-2-9/h4-5H,3H2,1H3,(H,11,13). The molecule has 6 heteroatoms. The number of aryl methyl sites for hydroxylation is 1. The molecule has 0 saturated carbocycles. The zero-order chi connectivity index (χ0) is 10.4. The summed E-state index contributed by atoms with van der Waals surface area (Å²) in [7, 11) is 0. The van der Waals surface area contributed by atoms with Crippen LogP contribution < -0.4 is 10.1 Å². The fraction of sp³-hybridized carbons (Fsp3) is 0.250. The van der Waals surface area contributed by atoms with Crippen molar-refractivity contribution >= 4 is 6.09 Å². The number of rotatable bonds is 2. The lowest BCUT2D eigenvalue weighted by molar-refractivity contribution is 0.199. The maximum absolute atomic E-state index is 11.0. The minimum Gasteiger partial charge on any atom is -0.391 e. The maximum Gasteiger partial charge on any atom is 0.414 e. The van der Waals surface area contributed by atoms with Gasteiger partial charge in [-0.1, -0.05) is 0 Å². The highest BCUT2D eigenvalue weighted by molar-refractivity contribution is 5.70. The van der Waals surface area contributed by atoms with E-state index in [4.69, 9.17) is 10.00 Å². The van der Waals surface area contributed by atoms with Gasteiger partial charge in [-0.3, -0.25) is 0 Å². The molecule has 1 rings (SSSR count). The Bertz CT molecular complexity index is 372. The number of ether oxygens (including phenoxy) is 1. The monoisotopic (exact) mass is 192 g/mol. The van der Waals surface area contributed by atoms with Gasteiger partial charge in [-0.05, 0) is 6.92 Å². The van der Waals surface area contributed by atoms with E-state index in [0.29, 0.717) is 5.56 Å². The first-order chi connectivity index (χ1) is 6.74. The Labute approximate surface area is 80.5 Å². The number of amides is 1. The molecule has 1 aromatic heterocycles. The third-order valence-electron chi connectivity index (χ3n) is 1.35. The Morgan fingerprint density at radius 3 is 3.21 bits per heavy atom. The van der Waals surface area contributed by atoms with Gasteiger partial charge in [0.1, 0.15) is 12.9 Å². The van der Waals surface area contributed by atoms with Gasteiger partial charge in [-0.25, -0.2) is 14.8 Å². The van der Waals surface area contributed by atoms with Crippen LogP contribution in [0.2, 0.25) is 0 Å². The number of hydrogen-bond donors (Lipinski definition) is 1. The molecule has 0 aliphatic rings. The summed E-state index contributed by atoms with van der Waals surface area (Å²) < 4.78 is 4.79. The summed E-state index contributed by atoms with van der Waals surface area (Å²) >= 11 is 0. The molecule has 0 spiro atoms. The molecule has 14 heavy (non-hydrogen) atoms. The summed E-state index contributed by atoms with van der Waals surface area (Å²) in [6, 6.07) is 1.75. The van der Waals surface area contributed by atoms with Crippen LogP contribution in [0.5, 0.6) is 5.88 Å². The molecule has 1 heterocycles. The Morgan fingerprint density at radius 1 is 1.79 bits per heavy atom. The van der Waals surface area contributed by atoms with E-state index in [1.165, 1.54) is 12.5 Å². The van der Waals surface area contributed by atoms with E-state index in [0.717, 1.165) is 0 Å². The van der Waals surface area contributed by atoms with Crippen molar-refractivity contribution < 1.29 is 9.53 Å². The van der Waals surface area contributed by atoms with E-state index in [1.807, 2.05) is 0 Å². The fourth-order valence-corrected chi connectivity index (χ4v) is 0.730. The van der Waals surface area contributed by atoms with Gasteiger partial charge >= 0.3 is 6.09 Å². The summed E-state index contributed by atoms with van der Waals surface area (Å²) in [4.78, 5) is 18.5. The van der Waals surface area contributed by atoms with Crippen LogP contribution in [-0.2, 0) is 0 Å². The van der Waals surface area contributed by atoms with E-state index in [9.17, 15) is 4.79 Å². The molecule has 1 aromatic rings. The molecule has 1 amide bonds. The van der Waals surface area contributed by atoms with Crippen LogP contribution in [0.25, 0.3) is 0 Å². The number of nitrogens with one attached hydrogen (secondary N) is 1. The van der Waals surface area contributed by atoms with Gasteiger partial charge in [-0.2, -0.15) is 5.26 Å². The van der Waals surface area contributed by atoms with Crippen molar-refractivity contribution in [3.63, 3.8) is 0 Å². The lowest BCUT2D eigenvalue weighted by Crippen LogP contribution is -2.27. The maximum atomic E-state index is 11.0. The first kappa shape index (κ1) is 9.92. The van der Waals surface area contributed by atoms with E-state index in [1.54, 1.807) is 13.0 Å². The lowest BCUT2D eigenvalue weighted by Gasteiger charge is -2.04. The molecular formula is C8H8N4O2. The fourth-order valence-electron chi connectivity index (χ4n) is 0.730. The van der Waals surface area contributed by atoms with Crippen LogP contribution in [0.4, 0.5) is 4.79 Å². The Kier molecular flexibility index (Phi) is 3.38. The summed E-state index contributed by atoms with van der Waals surface area (Å²) in [5, 5.41) is 10.4. The van der Waals surface area contributed by atoms with E-state index in [-0.39, 0.29) is 12.4 Å². The van der Waals surface area contributed by atoms with Gasteiger partial charge in [0.2, 0.25) is 5.88 Å². The minimum atomic E-state index is -0.701. The van der Waals surface area contributed by atoms with Gasteiger partial charge in [0.15, 0.2) is 0 Å². The van der Waals surface area contributed by atoms with Gasteiger partial charge in [0.25, 0.3) is 0 Å². The zero-order valence-corrected chi connectivity index (χ0v) is 7.52. The molecule has 6 nitrogen and oxygen atoms in total. The predicted octanol–water partition coefficient (Wildman–Crippen LogP) is 0.397. The average molecular weight is 192 g/mol. The Balaban J connectivity index is 2.57. The summed E-state index contributed by atoms with van der Waals surface area (Å²) in [5.74, 6) is 0.190. The molecule has 0 aliphatic carbocycles. The van der Waals surface area contributed by atoms with Gasteiger partial charge < -0.3 is 10.1 Å². The summed E-state index contributed by atoms with van der Waals surface area (Å²) in [5.41, 5.74) is 0.652. The van der Waals surface area contributed by atoms with Crippen molar-refractivity contribution in [2.45, 2.75) is 6.92 Å². The van der Waals surface area contributed by atoms with E-state index >= 15 is 0 Å². The first-order valence-corrected chi connectivity index (χ1v) is 3.83. The number of hydrogen-bond acceptors (Lipinski definition) is 5. The zero-order valence-electron chi connectivity index (χ0n) is 7.52. The summed E-state index contributed by atoms with van der Waals surface area (Å²) in [6.45, 7) is 1.62. The normalized spacial score (nSPS) is 8.86. The molecule has 0 saturated heterocycles. The van der Waals surface area contributed by atoms with Crippen molar-refractivity contribution in [3.05, 3.63) is 18.1 Å². The third kappa shape index (κ3) is 2.71. The predicted molar refractivity (Wildman–Crippen MR) is 46.4 cm³/mol. The number of nitriles is 1. The largest absolute Gasteiger partial charge is 0.414 e. The van der Waals surface area contributed by atoms with Crippen molar-refractivity contribution in [1.29, 1.82) is 5.26 Å². The van der Waals surface area contributed by atoms with Crippen LogP contribution in [-0.4, -0.2) is 22.6 Å². The van der Waals surface area contributed by atoms with Crippen molar-refractivity contribution in [3.8, 4) is 11.9 Å². The van der Waals surface area contributed by atoms with Gasteiger partial charge in [-0.15, -0.1) is 0 Å².